The van der Waals surface area contributed by atoms with Crippen LogP contribution in [0.25, 0.3) is 54.8 Å². The van der Waals surface area contributed by atoms with E-state index in [1.165, 1.54) is 65.5 Å². The summed E-state index contributed by atoms with van der Waals surface area (Å²) in [7, 11) is 4.14. The van der Waals surface area contributed by atoms with Crippen molar-refractivity contribution in [2.24, 2.45) is 0 Å². The van der Waals surface area contributed by atoms with E-state index in [1.807, 2.05) is 11.3 Å². The van der Waals surface area contributed by atoms with Crippen molar-refractivity contribution >= 4 is 28.7 Å². The molecule has 0 unspecified atom stereocenters. The summed E-state index contributed by atoms with van der Waals surface area (Å²) in [6.07, 6.45) is 2.26. The summed E-state index contributed by atoms with van der Waals surface area (Å²) in [5.74, 6) is 0. The molecule has 0 bridgehead atoms. The Balaban J connectivity index is 1.46. The molecule has 41 heavy (non-hydrogen) atoms. The van der Waals surface area contributed by atoms with Gasteiger partial charge < -0.3 is 4.90 Å². The second-order valence-corrected chi connectivity index (χ2v) is 11.5. The number of hydrogen-bond donors (Lipinski definition) is 0. The maximum atomic E-state index is 2.28. The van der Waals surface area contributed by atoms with Crippen molar-refractivity contribution < 1.29 is 0 Å². The highest BCUT2D eigenvalue weighted by molar-refractivity contribution is 7.20. The second-order valence-electron chi connectivity index (χ2n) is 10.5. The van der Waals surface area contributed by atoms with Gasteiger partial charge in [-0.25, -0.2) is 0 Å². The minimum Gasteiger partial charge on any atom is -0.378 e. The van der Waals surface area contributed by atoms with E-state index in [4.69, 9.17) is 0 Å². The Morgan fingerprint density at radius 1 is 0.512 bits per heavy atom. The zero-order chi connectivity index (χ0) is 28.2. The van der Waals surface area contributed by atoms with Gasteiger partial charge in [-0.05, 0) is 58.0 Å². The van der Waals surface area contributed by atoms with Crippen molar-refractivity contribution in [3.05, 3.63) is 151 Å². The normalized spacial score (nSPS) is 11.4. The maximum absolute atomic E-state index is 2.28. The molecule has 0 saturated heterocycles. The fourth-order valence-corrected chi connectivity index (χ4v) is 6.63. The van der Waals surface area contributed by atoms with Crippen LogP contribution in [0.1, 0.15) is 18.1 Å². The molecule has 1 aromatic heterocycles. The van der Waals surface area contributed by atoms with Crippen LogP contribution in [-0.4, -0.2) is 14.1 Å². The first-order valence-electron chi connectivity index (χ1n) is 14.0. The van der Waals surface area contributed by atoms with Gasteiger partial charge in [-0.3, -0.25) is 0 Å². The number of anilines is 1. The predicted octanol–water partition coefficient (Wildman–Crippen LogP) is 11.0. The van der Waals surface area contributed by atoms with E-state index in [1.54, 1.807) is 0 Å². The molecular formula is C39H33NS. The number of thiophene rings is 1. The van der Waals surface area contributed by atoms with E-state index < -0.39 is 0 Å². The zero-order valence-electron chi connectivity index (χ0n) is 23.7. The van der Waals surface area contributed by atoms with Gasteiger partial charge in [-0.2, -0.15) is 0 Å². The van der Waals surface area contributed by atoms with E-state index in [9.17, 15) is 0 Å². The van der Waals surface area contributed by atoms with Crippen molar-refractivity contribution in [2.75, 3.05) is 19.0 Å². The molecule has 0 aliphatic rings. The lowest BCUT2D eigenvalue weighted by Crippen LogP contribution is -2.07. The number of nitrogens with zero attached hydrogens (tertiary/aromatic N) is 1. The van der Waals surface area contributed by atoms with Gasteiger partial charge in [0.05, 0.1) is 0 Å². The average molecular weight is 548 g/mol. The van der Waals surface area contributed by atoms with Crippen molar-refractivity contribution in [3.63, 3.8) is 0 Å². The van der Waals surface area contributed by atoms with E-state index >= 15 is 0 Å². The van der Waals surface area contributed by atoms with Crippen molar-refractivity contribution in [3.8, 4) is 43.1 Å². The van der Waals surface area contributed by atoms with Crippen LogP contribution in [0.3, 0.4) is 0 Å². The van der Waals surface area contributed by atoms with Crippen LogP contribution < -0.4 is 4.90 Å². The van der Waals surface area contributed by atoms with Gasteiger partial charge in [0.1, 0.15) is 0 Å². The van der Waals surface area contributed by atoms with Gasteiger partial charge in [0, 0.05) is 40.7 Å². The Labute approximate surface area is 247 Å². The van der Waals surface area contributed by atoms with Gasteiger partial charge in [-0.1, -0.05) is 133 Å². The fourth-order valence-electron chi connectivity index (χ4n) is 5.27. The molecule has 1 nitrogen and oxygen atoms in total. The Morgan fingerprint density at radius 3 is 1.41 bits per heavy atom. The highest BCUT2D eigenvalue weighted by Crippen LogP contribution is 2.51. The topological polar surface area (TPSA) is 3.24 Å². The third kappa shape index (κ3) is 5.66. The Hall–Kier alpha value is -4.66. The van der Waals surface area contributed by atoms with E-state index in [-0.39, 0.29) is 0 Å². The molecule has 200 valence electrons. The van der Waals surface area contributed by atoms with Crippen molar-refractivity contribution in [1.82, 2.24) is 0 Å². The van der Waals surface area contributed by atoms with Gasteiger partial charge in [0.15, 0.2) is 0 Å². The number of allylic oxidation sites excluding steroid dienone is 1. The Bertz CT molecular complexity index is 1760. The number of benzene rings is 5. The molecule has 0 aliphatic carbocycles. The van der Waals surface area contributed by atoms with Crippen LogP contribution in [0.15, 0.2) is 140 Å². The largest absolute Gasteiger partial charge is 0.378 e. The molecule has 0 amide bonds. The molecule has 0 saturated carbocycles. The van der Waals surface area contributed by atoms with Crippen LogP contribution in [0.5, 0.6) is 0 Å². The SMILES string of the molecule is C/C(=C\c1ccc(N(C)C)cc1)c1ccc(-c2sc(-c3ccccc3)c(-c3ccccc3)c2-c2ccccc2)cc1. The number of hydrogen-bond acceptors (Lipinski definition) is 2. The summed E-state index contributed by atoms with van der Waals surface area (Å²) in [6.45, 7) is 2.19. The van der Waals surface area contributed by atoms with Crippen LogP contribution in [0.2, 0.25) is 0 Å². The molecule has 0 spiro atoms. The molecule has 0 fully saturated rings. The molecule has 2 heteroatoms. The molecule has 6 rings (SSSR count). The molecule has 0 N–H and O–H groups in total. The van der Waals surface area contributed by atoms with Gasteiger partial charge in [0.25, 0.3) is 0 Å². The standard InChI is InChI=1S/C39H33NS/c1-28(27-29-19-25-35(26-20-29)40(2)3)30-21-23-34(24-22-30)39-37(32-15-9-5-10-16-32)36(31-13-7-4-8-14-31)38(41-39)33-17-11-6-12-18-33/h4-27H,1-3H3/b28-27+. The predicted molar refractivity (Wildman–Crippen MR) is 180 cm³/mol. The quantitative estimate of drug-likeness (QED) is 0.180. The summed E-state index contributed by atoms with van der Waals surface area (Å²) in [5, 5.41) is 0. The average Bonchev–Trinajstić information content (AvgIpc) is 3.43. The van der Waals surface area contributed by atoms with Crippen LogP contribution in [0, 0.1) is 0 Å². The Kier molecular flexibility index (Phi) is 7.67. The van der Waals surface area contributed by atoms with E-state index in [0.717, 1.165) is 0 Å². The summed E-state index contributed by atoms with van der Waals surface area (Å²) in [5.41, 5.74) is 12.4. The minimum absolute atomic E-state index is 1.21. The summed E-state index contributed by atoms with van der Waals surface area (Å²) in [4.78, 5) is 4.72. The molecular weight excluding hydrogens is 515 g/mol. The smallest absolute Gasteiger partial charge is 0.0434 e. The number of rotatable bonds is 7. The molecule has 5 aromatic carbocycles. The van der Waals surface area contributed by atoms with Gasteiger partial charge in [0.2, 0.25) is 0 Å². The first-order chi connectivity index (χ1) is 20.1. The molecule has 6 aromatic rings. The molecule has 0 atom stereocenters. The van der Waals surface area contributed by atoms with Gasteiger partial charge >= 0.3 is 0 Å². The maximum Gasteiger partial charge on any atom is 0.0434 e. The first kappa shape index (κ1) is 26.6. The first-order valence-corrected chi connectivity index (χ1v) is 14.8. The summed E-state index contributed by atoms with van der Waals surface area (Å²) in [6, 6.07) is 50.2. The lowest BCUT2D eigenvalue weighted by Gasteiger charge is -2.12. The highest BCUT2D eigenvalue weighted by atomic mass is 32.1. The van der Waals surface area contributed by atoms with Crippen LogP contribution in [0.4, 0.5) is 5.69 Å². The lowest BCUT2D eigenvalue weighted by molar-refractivity contribution is 1.13. The third-order valence-electron chi connectivity index (χ3n) is 7.46. The van der Waals surface area contributed by atoms with E-state index in [2.05, 4.69) is 172 Å². The molecule has 0 aliphatic heterocycles. The highest BCUT2D eigenvalue weighted by Gasteiger charge is 2.23. The second kappa shape index (κ2) is 11.8. The third-order valence-corrected chi connectivity index (χ3v) is 8.75. The summed E-state index contributed by atoms with van der Waals surface area (Å²) < 4.78 is 0. The monoisotopic (exact) mass is 547 g/mol. The van der Waals surface area contributed by atoms with Crippen LogP contribution in [-0.2, 0) is 0 Å². The minimum atomic E-state index is 1.21. The Morgan fingerprint density at radius 2 is 0.951 bits per heavy atom. The van der Waals surface area contributed by atoms with Crippen molar-refractivity contribution in [1.29, 1.82) is 0 Å². The van der Waals surface area contributed by atoms with E-state index in [0.29, 0.717) is 0 Å². The lowest BCUT2D eigenvalue weighted by atomic mass is 9.91. The fraction of sp³-hybridized carbons (Fsp3) is 0.0769. The zero-order valence-corrected chi connectivity index (χ0v) is 24.5. The molecule has 0 radical (unpaired) electrons. The van der Waals surface area contributed by atoms with Gasteiger partial charge in [-0.15, -0.1) is 11.3 Å². The van der Waals surface area contributed by atoms with Crippen LogP contribution >= 0.6 is 11.3 Å². The molecule has 1 heterocycles. The summed E-state index contributed by atoms with van der Waals surface area (Å²) >= 11 is 1.88. The van der Waals surface area contributed by atoms with Crippen molar-refractivity contribution in [2.45, 2.75) is 6.92 Å².